The lowest BCUT2D eigenvalue weighted by Gasteiger charge is -2.52. The molecule has 0 bridgehead atoms. The molecule has 1 aromatic heterocycles. The molecule has 1 aromatic carbocycles. The van der Waals surface area contributed by atoms with Crippen LogP contribution in [-0.2, 0) is 10.3 Å². The SMILES string of the molecule is CN(C)C1(c2ccccc2)CCC2(CC1)CN(CCC(=O)Nc1ccncc1)C(=O)N2CC1(O)CCC1. The van der Waals surface area contributed by atoms with E-state index in [9.17, 15) is 14.7 Å². The maximum absolute atomic E-state index is 13.7. The molecule has 1 spiro atoms. The zero-order valence-corrected chi connectivity index (χ0v) is 22.0. The van der Waals surface area contributed by atoms with Gasteiger partial charge in [0.1, 0.15) is 0 Å². The van der Waals surface area contributed by atoms with E-state index in [2.05, 4.69) is 59.6 Å². The van der Waals surface area contributed by atoms with Crippen molar-refractivity contribution in [1.82, 2.24) is 19.7 Å². The molecule has 1 aliphatic heterocycles. The number of anilines is 1. The molecule has 0 unspecified atom stereocenters. The molecular weight excluding hydrogens is 466 g/mol. The second-order valence-corrected chi connectivity index (χ2v) is 11.4. The Morgan fingerprint density at radius 2 is 1.70 bits per heavy atom. The fourth-order valence-electron chi connectivity index (χ4n) is 6.52. The van der Waals surface area contributed by atoms with Crippen LogP contribution in [0.3, 0.4) is 0 Å². The van der Waals surface area contributed by atoms with Gasteiger partial charge in [-0.05, 0) is 76.7 Å². The Balaban J connectivity index is 1.32. The average Bonchev–Trinajstić information content (AvgIpc) is 3.13. The molecule has 2 aromatic rings. The van der Waals surface area contributed by atoms with Crippen molar-refractivity contribution in [2.24, 2.45) is 0 Å². The number of β-amino-alcohol motifs (C(OH)–C–C–N with tert-alkyl or cyclic N) is 1. The normalized spacial score (nSPS) is 27.0. The minimum absolute atomic E-state index is 0.0471. The largest absolute Gasteiger partial charge is 0.388 e. The molecule has 3 aliphatic rings. The van der Waals surface area contributed by atoms with E-state index in [0.717, 1.165) is 44.9 Å². The summed E-state index contributed by atoms with van der Waals surface area (Å²) in [7, 11) is 4.29. The Kier molecular flexibility index (Phi) is 6.98. The molecule has 1 saturated heterocycles. The summed E-state index contributed by atoms with van der Waals surface area (Å²) in [5.74, 6) is -0.122. The maximum atomic E-state index is 13.7. The van der Waals surface area contributed by atoms with E-state index < -0.39 is 5.60 Å². The van der Waals surface area contributed by atoms with E-state index in [1.165, 1.54) is 5.56 Å². The number of aliphatic hydroxyl groups is 1. The van der Waals surface area contributed by atoms with Crippen molar-refractivity contribution in [3.8, 4) is 0 Å². The lowest BCUT2D eigenvalue weighted by atomic mass is 9.67. The van der Waals surface area contributed by atoms with E-state index in [1.54, 1.807) is 24.5 Å². The third-order valence-corrected chi connectivity index (χ3v) is 9.04. The summed E-state index contributed by atoms with van der Waals surface area (Å²) < 4.78 is 0. The van der Waals surface area contributed by atoms with Crippen LogP contribution >= 0.6 is 0 Å². The van der Waals surface area contributed by atoms with Gasteiger partial charge in [-0.2, -0.15) is 0 Å². The van der Waals surface area contributed by atoms with Crippen molar-refractivity contribution in [2.45, 2.75) is 68.0 Å². The molecule has 0 atom stereocenters. The zero-order valence-electron chi connectivity index (χ0n) is 22.0. The lowest BCUT2D eigenvalue weighted by Crippen LogP contribution is -2.59. The van der Waals surface area contributed by atoms with Gasteiger partial charge in [-0.25, -0.2) is 4.79 Å². The first-order valence-corrected chi connectivity index (χ1v) is 13.5. The number of nitrogens with one attached hydrogen (secondary N) is 1. The number of amides is 3. The first kappa shape index (κ1) is 25.7. The highest BCUT2D eigenvalue weighted by Crippen LogP contribution is 2.50. The van der Waals surface area contributed by atoms with Crippen LogP contribution in [0.1, 0.15) is 56.9 Å². The van der Waals surface area contributed by atoms with Gasteiger partial charge in [0.15, 0.2) is 0 Å². The Labute approximate surface area is 219 Å². The van der Waals surface area contributed by atoms with Gasteiger partial charge in [-0.15, -0.1) is 0 Å². The number of hydrogen-bond acceptors (Lipinski definition) is 5. The van der Waals surface area contributed by atoms with Crippen LogP contribution in [0.5, 0.6) is 0 Å². The fourth-order valence-corrected chi connectivity index (χ4v) is 6.52. The molecule has 2 heterocycles. The molecule has 198 valence electrons. The Morgan fingerprint density at radius 1 is 1.03 bits per heavy atom. The molecule has 2 N–H and O–H groups in total. The summed E-state index contributed by atoms with van der Waals surface area (Å²) >= 11 is 0. The molecule has 3 amide bonds. The van der Waals surface area contributed by atoms with E-state index in [4.69, 9.17) is 0 Å². The Hall–Kier alpha value is -2.97. The zero-order chi connectivity index (χ0) is 26.1. The molecule has 2 saturated carbocycles. The van der Waals surface area contributed by atoms with Crippen molar-refractivity contribution in [3.63, 3.8) is 0 Å². The molecule has 2 aliphatic carbocycles. The second-order valence-electron chi connectivity index (χ2n) is 11.4. The number of pyridine rings is 1. The number of nitrogens with zero attached hydrogens (tertiary/aromatic N) is 4. The molecule has 8 nitrogen and oxygen atoms in total. The van der Waals surface area contributed by atoms with E-state index >= 15 is 0 Å². The van der Waals surface area contributed by atoms with Crippen molar-refractivity contribution in [2.75, 3.05) is 39.0 Å². The number of hydrogen-bond donors (Lipinski definition) is 2. The minimum Gasteiger partial charge on any atom is -0.388 e. The number of benzene rings is 1. The van der Waals surface area contributed by atoms with Gasteiger partial charge >= 0.3 is 6.03 Å². The average molecular weight is 506 g/mol. The summed E-state index contributed by atoms with van der Waals surface area (Å²) in [6.07, 6.45) is 9.58. The highest BCUT2D eigenvalue weighted by molar-refractivity contribution is 5.91. The van der Waals surface area contributed by atoms with Gasteiger partial charge in [-0.3, -0.25) is 14.7 Å². The van der Waals surface area contributed by atoms with Gasteiger partial charge in [0.25, 0.3) is 0 Å². The third kappa shape index (κ3) is 4.97. The highest BCUT2D eigenvalue weighted by atomic mass is 16.3. The number of carbonyl (C=O) groups excluding carboxylic acids is 2. The predicted octanol–water partition coefficient (Wildman–Crippen LogP) is 3.83. The van der Waals surface area contributed by atoms with Crippen LogP contribution < -0.4 is 5.32 Å². The Morgan fingerprint density at radius 3 is 2.30 bits per heavy atom. The van der Waals surface area contributed by atoms with Crippen molar-refractivity contribution in [1.29, 1.82) is 0 Å². The highest BCUT2D eigenvalue weighted by Gasteiger charge is 2.56. The standard InChI is InChI=1S/C29H39N5O3/c1-32(2)29(23-7-4-3-5-8-23)16-14-27(15-17-29)21-33(26(36)34(27)22-28(37)12-6-13-28)20-11-25(35)31-24-9-18-30-19-10-24/h3-5,7-10,18-19,37H,6,11-17,20-22H2,1-2H3,(H,30,31,35). The van der Waals surface area contributed by atoms with Gasteiger partial charge in [0.05, 0.1) is 17.7 Å². The van der Waals surface area contributed by atoms with Crippen molar-refractivity contribution in [3.05, 3.63) is 60.4 Å². The molecule has 37 heavy (non-hydrogen) atoms. The first-order valence-electron chi connectivity index (χ1n) is 13.5. The number of carbonyl (C=O) groups is 2. The summed E-state index contributed by atoms with van der Waals surface area (Å²) in [5, 5.41) is 13.9. The topological polar surface area (TPSA) is 89.0 Å². The van der Waals surface area contributed by atoms with E-state index in [-0.39, 0.29) is 29.4 Å². The fraction of sp³-hybridized carbons (Fsp3) is 0.552. The first-order chi connectivity index (χ1) is 17.8. The smallest absolute Gasteiger partial charge is 0.320 e. The van der Waals surface area contributed by atoms with Gasteiger partial charge in [-0.1, -0.05) is 30.3 Å². The molecule has 8 heteroatoms. The second kappa shape index (κ2) is 10.1. The minimum atomic E-state index is -0.785. The summed E-state index contributed by atoms with van der Waals surface area (Å²) in [5.41, 5.74) is 0.830. The maximum Gasteiger partial charge on any atom is 0.320 e. The summed E-state index contributed by atoms with van der Waals surface area (Å²) in [6.45, 7) is 1.35. The van der Waals surface area contributed by atoms with Crippen LogP contribution in [0.15, 0.2) is 54.9 Å². The molecule has 0 radical (unpaired) electrons. The number of rotatable bonds is 8. The van der Waals surface area contributed by atoms with Crippen LogP contribution in [0.25, 0.3) is 0 Å². The molecule has 3 fully saturated rings. The Bertz CT molecular complexity index is 1100. The van der Waals surface area contributed by atoms with Gasteiger partial charge in [0.2, 0.25) is 5.91 Å². The van der Waals surface area contributed by atoms with Crippen molar-refractivity contribution < 1.29 is 14.7 Å². The van der Waals surface area contributed by atoms with Gasteiger partial charge in [0, 0.05) is 43.1 Å². The predicted molar refractivity (Wildman–Crippen MR) is 143 cm³/mol. The van der Waals surface area contributed by atoms with Gasteiger partial charge < -0.3 is 20.2 Å². The van der Waals surface area contributed by atoms with Crippen LogP contribution in [0.2, 0.25) is 0 Å². The van der Waals surface area contributed by atoms with E-state index in [1.807, 2.05) is 9.80 Å². The number of aromatic nitrogens is 1. The molecular formula is C29H39N5O3. The van der Waals surface area contributed by atoms with Crippen LogP contribution in [0, 0.1) is 0 Å². The molecule has 5 rings (SSSR count). The van der Waals surface area contributed by atoms with Crippen LogP contribution in [-0.4, -0.2) is 81.6 Å². The summed E-state index contributed by atoms with van der Waals surface area (Å²) in [4.78, 5) is 36.4. The van der Waals surface area contributed by atoms with Crippen LogP contribution in [0.4, 0.5) is 10.5 Å². The quantitative estimate of drug-likeness (QED) is 0.569. The number of urea groups is 1. The van der Waals surface area contributed by atoms with Crippen molar-refractivity contribution >= 4 is 17.6 Å². The monoisotopic (exact) mass is 505 g/mol. The van der Waals surface area contributed by atoms with E-state index in [0.29, 0.717) is 25.3 Å². The lowest BCUT2D eigenvalue weighted by molar-refractivity contribution is -0.116. The third-order valence-electron chi connectivity index (χ3n) is 9.04. The summed E-state index contributed by atoms with van der Waals surface area (Å²) in [6, 6.07) is 14.1.